The Morgan fingerprint density at radius 3 is 2.55 bits per heavy atom. The number of carboxylic acids is 1. The summed E-state index contributed by atoms with van der Waals surface area (Å²) >= 11 is 13.3. The normalized spacial score (nSPS) is 11.6. The Bertz CT molecular complexity index is 600. The Hall–Kier alpha value is -0.430. The second-order valence-electron chi connectivity index (χ2n) is 3.91. The van der Waals surface area contributed by atoms with E-state index in [0.717, 1.165) is 11.5 Å². The zero-order valence-electron chi connectivity index (χ0n) is 10.7. The van der Waals surface area contributed by atoms with Crippen molar-refractivity contribution in [2.24, 2.45) is 0 Å². The first-order chi connectivity index (χ1) is 9.31. The first-order valence-electron chi connectivity index (χ1n) is 5.83. The van der Waals surface area contributed by atoms with Crippen molar-refractivity contribution in [3.05, 3.63) is 27.7 Å². The molecule has 0 spiro atoms. The van der Waals surface area contributed by atoms with Crippen molar-refractivity contribution in [2.45, 2.75) is 18.2 Å². The van der Waals surface area contributed by atoms with Crippen molar-refractivity contribution in [3.63, 3.8) is 0 Å². The van der Waals surface area contributed by atoms with E-state index in [9.17, 15) is 13.2 Å². The van der Waals surface area contributed by atoms with Crippen LogP contribution in [-0.2, 0) is 9.84 Å². The monoisotopic (exact) mass is 356 g/mol. The molecule has 0 aliphatic carbocycles. The highest BCUT2D eigenvalue weighted by atomic mass is 35.5. The average molecular weight is 357 g/mol. The number of rotatable bonds is 7. The molecular formula is C12H14Cl2O4S2. The molecule has 1 rings (SSSR count). The lowest BCUT2D eigenvalue weighted by Gasteiger charge is -2.09. The van der Waals surface area contributed by atoms with Crippen molar-refractivity contribution in [1.82, 2.24) is 0 Å². The molecule has 0 radical (unpaired) electrons. The van der Waals surface area contributed by atoms with Gasteiger partial charge in [0, 0.05) is 0 Å². The second kappa shape index (κ2) is 7.54. The fraction of sp³-hybridized carbons (Fsp3) is 0.417. The third-order valence-electron chi connectivity index (χ3n) is 2.51. The van der Waals surface area contributed by atoms with Gasteiger partial charge in [-0.05, 0) is 30.1 Å². The van der Waals surface area contributed by atoms with Crippen LogP contribution in [0, 0.1) is 0 Å². The minimum absolute atomic E-state index is 0.0690. The second-order valence-corrected chi connectivity index (χ2v) is 8.17. The van der Waals surface area contributed by atoms with Gasteiger partial charge >= 0.3 is 5.97 Å². The predicted molar refractivity (Wildman–Crippen MR) is 83.1 cm³/mol. The van der Waals surface area contributed by atoms with E-state index in [0.29, 0.717) is 6.42 Å². The van der Waals surface area contributed by atoms with E-state index in [-0.39, 0.29) is 26.3 Å². The minimum atomic E-state index is -3.61. The number of carboxylic acid groups (broad SMARTS) is 1. The van der Waals surface area contributed by atoms with Gasteiger partial charge < -0.3 is 5.11 Å². The van der Waals surface area contributed by atoms with Crippen LogP contribution in [0.3, 0.4) is 0 Å². The van der Waals surface area contributed by atoms with Crippen LogP contribution in [0.1, 0.15) is 23.7 Å². The molecule has 4 nitrogen and oxygen atoms in total. The number of aromatic carboxylic acids is 1. The van der Waals surface area contributed by atoms with Gasteiger partial charge in [-0.25, -0.2) is 13.2 Å². The molecule has 1 aromatic carbocycles. The molecule has 1 N–H and O–H groups in total. The van der Waals surface area contributed by atoms with Gasteiger partial charge in [-0.1, -0.05) is 30.1 Å². The Kier molecular flexibility index (Phi) is 6.64. The molecule has 8 heteroatoms. The van der Waals surface area contributed by atoms with Gasteiger partial charge in [-0.2, -0.15) is 11.8 Å². The third kappa shape index (κ3) is 4.28. The minimum Gasteiger partial charge on any atom is -0.478 e. The summed E-state index contributed by atoms with van der Waals surface area (Å²) in [7, 11) is -3.61. The molecule has 0 bridgehead atoms. The predicted octanol–water partition coefficient (Wildman–Crippen LogP) is 3.61. The van der Waals surface area contributed by atoms with Gasteiger partial charge in [0.1, 0.15) is 0 Å². The van der Waals surface area contributed by atoms with Gasteiger partial charge in [0.05, 0.1) is 26.3 Å². The van der Waals surface area contributed by atoms with Crippen molar-refractivity contribution >= 4 is 50.8 Å². The van der Waals surface area contributed by atoms with Crippen molar-refractivity contribution in [1.29, 1.82) is 0 Å². The van der Waals surface area contributed by atoms with Crippen molar-refractivity contribution < 1.29 is 18.3 Å². The maximum atomic E-state index is 12.2. The number of hydrogen-bond acceptors (Lipinski definition) is 4. The van der Waals surface area contributed by atoms with Crippen LogP contribution in [0.15, 0.2) is 17.0 Å². The summed E-state index contributed by atoms with van der Waals surface area (Å²) in [5.41, 5.74) is -0.377. The average Bonchev–Trinajstić information content (AvgIpc) is 2.34. The maximum Gasteiger partial charge on any atom is 0.338 e. The molecular weight excluding hydrogens is 343 g/mol. The third-order valence-corrected chi connectivity index (χ3v) is 6.15. The summed E-state index contributed by atoms with van der Waals surface area (Å²) in [6.07, 6.45) is 0.488. The number of benzene rings is 1. The molecule has 0 aromatic heterocycles. The number of carbonyl (C=O) groups is 1. The molecule has 0 saturated heterocycles. The van der Waals surface area contributed by atoms with Crippen molar-refractivity contribution in [2.75, 3.05) is 17.3 Å². The summed E-state index contributed by atoms with van der Waals surface area (Å²) in [6.45, 7) is 1.99. The number of thioether (sulfide) groups is 1. The first-order valence-corrected chi connectivity index (χ1v) is 9.39. The summed E-state index contributed by atoms with van der Waals surface area (Å²) in [4.78, 5) is 10.9. The van der Waals surface area contributed by atoms with E-state index >= 15 is 0 Å². The summed E-state index contributed by atoms with van der Waals surface area (Å²) in [5.74, 6) is 0.233. The summed E-state index contributed by atoms with van der Waals surface area (Å²) in [6, 6.07) is 2.49. The number of halogens is 2. The van der Waals surface area contributed by atoms with Gasteiger partial charge in [0.2, 0.25) is 0 Å². The smallest absolute Gasteiger partial charge is 0.338 e. The number of sulfone groups is 1. The molecule has 0 unspecified atom stereocenters. The molecule has 112 valence electrons. The van der Waals surface area contributed by atoms with Gasteiger partial charge in [-0.3, -0.25) is 0 Å². The van der Waals surface area contributed by atoms with Crippen LogP contribution < -0.4 is 0 Å². The van der Waals surface area contributed by atoms with Gasteiger partial charge in [0.25, 0.3) is 0 Å². The molecule has 20 heavy (non-hydrogen) atoms. The molecule has 0 amide bonds. The lowest BCUT2D eigenvalue weighted by atomic mass is 10.2. The molecule has 0 atom stereocenters. The van der Waals surface area contributed by atoms with Crippen LogP contribution >= 0.6 is 35.0 Å². The van der Waals surface area contributed by atoms with Crippen LogP contribution in [0.5, 0.6) is 0 Å². The summed E-state index contributed by atoms with van der Waals surface area (Å²) < 4.78 is 24.3. The molecule has 0 aliphatic rings. The van der Waals surface area contributed by atoms with E-state index in [4.69, 9.17) is 28.3 Å². The summed E-state index contributed by atoms with van der Waals surface area (Å²) in [5, 5.41) is 8.61. The highest BCUT2D eigenvalue weighted by Gasteiger charge is 2.24. The van der Waals surface area contributed by atoms with Crippen LogP contribution in [0.25, 0.3) is 0 Å². The zero-order valence-corrected chi connectivity index (χ0v) is 13.9. The van der Waals surface area contributed by atoms with E-state index in [2.05, 4.69) is 0 Å². The topological polar surface area (TPSA) is 71.4 Å². The van der Waals surface area contributed by atoms with E-state index in [1.165, 1.54) is 12.1 Å². The molecule has 0 fully saturated rings. The van der Waals surface area contributed by atoms with Crippen LogP contribution in [-0.4, -0.2) is 36.8 Å². The zero-order chi connectivity index (χ0) is 15.3. The SMILES string of the molecule is CCSCCCS(=O)(=O)c1ccc(Cl)c(C(=O)O)c1Cl. The Labute approximate surface area is 132 Å². The van der Waals surface area contributed by atoms with E-state index in [1.807, 2.05) is 6.92 Å². The maximum absolute atomic E-state index is 12.2. The highest BCUT2D eigenvalue weighted by molar-refractivity contribution is 7.99. The van der Waals surface area contributed by atoms with Crippen LogP contribution in [0.2, 0.25) is 10.0 Å². The fourth-order valence-electron chi connectivity index (χ4n) is 1.57. The fourth-order valence-corrected chi connectivity index (χ4v) is 4.67. The van der Waals surface area contributed by atoms with Crippen LogP contribution in [0.4, 0.5) is 0 Å². The van der Waals surface area contributed by atoms with Gasteiger partial charge in [-0.15, -0.1) is 0 Å². The Morgan fingerprint density at radius 2 is 2.00 bits per heavy atom. The first kappa shape index (κ1) is 17.6. The highest BCUT2D eigenvalue weighted by Crippen LogP contribution is 2.32. The quantitative estimate of drug-likeness (QED) is 0.755. The van der Waals surface area contributed by atoms with Crippen molar-refractivity contribution in [3.8, 4) is 0 Å². The van der Waals surface area contributed by atoms with E-state index in [1.54, 1.807) is 11.8 Å². The Balaban J connectivity index is 3.07. The lowest BCUT2D eigenvalue weighted by Crippen LogP contribution is -2.11. The molecule has 1 aromatic rings. The molecule has 0 heterocycles. The Morgan fingerprint density at radius 1 is 1.35 bits per heavy atom. The number of hydrogen-bond donors (Lipinski definition) is 1. The largest absolute Gasteiger partial charge is 0.478 e. The molecule has 0 aliphatic heterocycles. The van der Waals surface area contributed by atoms with E-state index < -0.39 is 15.8 Å². The lowest BCUT2D eigenvalue weighted by molar-refractivity contribution is 0.0697. The van der Waals surface area contributed by atoms with Gasteiger partial charge in [0.15, 0.2) is 9.84 Å². The molecule has 0 saturated carbocycles. The standard InChI is InChI=1S/C12H14Cl2O4S2/c1-2-19-6-3-7-20(17,18)9-5-4-8(13)10(11(9)14)12(15)16/h4-5H,2-3,6-7H2,1H3,(H,15,16).